The number of imide groups is 2. The quantitative estimate of drug-likeness (QED) is 0.132. The number of amides is 4. The molecular weight excluding hydrogens is 637 g/mol. The van der Waals surface area contributed by atoms with Crippen LogP contribution in [0.15, 0.2) is 107 Å². The molecule has 0 radical (unpaired) electrons. The van der Waals surface area contributed by atoms with Crippen LogP contribution in [0.3, 0.4) is 0 Å². The van der Waals surface area contributed by atoms with Gasteiger partial charge >= 0.3 is 7.12 Å². The Hall–Kier alpha value is -5.30. The molecule has 2 aliphatic carbocycles. The molecule has 0 spiro atoms. The number of fused-ring (bicyclic) bond motifs is 4. The number of nitrogens with one attached hydrogen (secondary N) is 1. The largest absolute Gasteiger partial charge is 0.488 e. The fourth-order valence-electron chi connectivity index (χ4n) is 8.77. The number of aryl methyl sites for hydroxylation is 1. The van der Waals surface area contributed by atoms with Gasteiger partial charge in [0.15, 0.2) is 0 Å². The van der Waals surface area contributed by atoms with Gasteiger partial charge in [0, 0.05) is 0 Å². The van der Waals surface area contributed by atoms with E-state index >= 15 is 4.79 Å². The fraction of sp³-hybridized carbons (Fsp3) is 0.263. The van der Waals surface area contributed by atoms with Gasteiger partial charge in [-0.05, 0) is 73.1 Å². The van der Waals surface area contributed by atoms with Gasteiger partial charge in [-0.15, -0.1) is 0 Å². The van der Waals surface area contributed by atoms with E-state index < -0.39 is 65.8 Å². The van der Waals surface area contributed by atoms with Crippen molar-refractivity contribution in [2.45, 2.75) is 37.7 Å². The molecule has 6 atom stereocenters. The van der Waals surface area contributed by atoms with E-state index in [2.05, 4.69) is 5.43 Å². The predicted molar refractivity (Wildman–Crippen MR) is 182 cm³/mol. The van der Waals surface area contributed by atoms with Crippen LogP contribution < -0.4 is 15.8 Å². The first-order valence-electron chi connectivity index (χ1n) is 16.7. The van der Waals surface area contributed by atoms with E-state index in [0.29, 0.717) is 17.0 Å². The predicted octanol–water partition coefficient (Wildman–Crippen LogP) is 2.95. The fourth-order valence-corrected chi connectivity index (χ4v) is 8.77. The molecule has 3 fully saturated rings. The standard InChI is InChI=1S/C38H34BN3O8/c1-21-10-12-24(13-11-21)40-42-35(45)30-19-29-27(15-16-28-32(29)36(46)41(34(28)44)25-9-5-8-23(18-25)39(48)49)33(31-17-14-26(20-43)50-31)38(30,37(42)47)22-6-3-2-4-7-22/h2-15,17-18,28-30,32-33,40,43,48-49H,16,19-20H2,1H3/t28-,29+,30-,32-,33+,38+/m0/s1. The molecule has 4 amide bonds. The molecule has 0 unspecified atom stereocenters. The van der Waals surface area contributed by atoms with Crippen molar-refractivity contribution < 1.29 is 38.7 Å². The van der Waals surface area contributed by atoms with Gasteiger partial charge in [-0.1, -0.05) is 71.8 Å². The van der Waals surface area contributed by atoms with Gasteiger partial charge in [-0.2, -0.15) is 5.01 Å². The number of nitrogens with zero attached hydrogens (tertiary/aromatic N) is 2. The molecule has 0 bridgehead atoms. The Morgan fingerprint density at radius 2 is 1.64 bits per heavy atom. The third kappa shape index (κ3) is 4.63. The minimum atomic E-state index is -1.79. The van der Waals surface area contributed by atoms with Gasteiger partial charge in [0.2, 0.25) is 11.8 Å². The van der Waals surface area contributed by atoms with E-state index in [-0.39, 0.29) is 36.4 Å². The molecule has 1 aromatic heterocycles. The third-order valence-corrected chi connectivity index (χ3v) is 10.9. The second kappa shape index (κ2) is 11.9. The SMILES string of the molecule is Cc1ccc(NN2C(=O)[C@@H]3C[C@@H]4C(=CC[C@@H]5C(=O)N(c6cccc(B(O)O)c6)C(=O)[C@@H]54)[C@H](c4ccc(CO)o4)[C@]3(c3ccccc3)C2=O)cc1. The van der Waals surface area contributed by atoms with E-state index in [1.807, 2.05) is 55.5 Å². The maximum Gasteiger partial charge on any atom is 0.488 e. The van der Waals surface area contributed by atoms with Gasteiger partial charge in [0.05, 0.1) is 35.0 Å². The van der Waals surface area contributed by atoms with Crippen LogP contribution in [-0.2, 0) is 31.2 Å². The van der Waals surface area contributed by atoms with Crippen molar-refractivity contribution in [3.63, 3.8) is 0 Å². The van der Waals surface area contributed by atoms with E-state index in [1.165, 1.54) is 12.1 Å². The lowest BCUT2D eigenvalue weighted by Gasteiger charge is -2.49. The first kappa shape index (κ1) is 31.9. The van der Waals surface area contributed by atoms with E-state index in [0.717, 1.165) is 21.0 Å². The molecule has 3 heterocycles. The Bertz CT molecular complexity index is 2060. The highest BCUT2D eigenvalue weighted by molar-refractivity contribution is 6.58. The molecule has 12 heteroatoms. The highest BCUT2D eigenvalue weighted by Crippen LogP contribution is 2.64. The topological polar surface area (TPSA) is 161 Å². The summed E-state index contributed by atoms with van der Waals surface area (Å²) in [6.07, 6.45) is 2.26. The molecule has 50 heavy (non-hydrogen) atoms. The van der Waals surface area contributed by atoms with Crippen LogP contribution in [0.25, 0.3) is 0 Å². The number of carbonyl (C=O) groups is 4. The maximum absolute atomic E-state index is 15.1. The van der Waals surface area contributed by atoms with Crippen molar-refractivity contribution in [3.05, 3.63) is 125 Å². The Kier molecular flexibility index (Phi) is 7.63. The zero-order valence-corrected chi connectivity index (χ0v) is 27.1. The zero-order chi connectivity index (χ0) is 34.9. The number of hydrogen-bond donors (Lipinski definition) is 4. The van der Waals surface area contributed by atoms with Gasteiger partial charge in [-0.25, -0.2) is 0 Å². The number of furan rings is 1. The Labute approximate surface area is 287 Å². The number of carbonyl (C=O) groups excluding carboxylic acids is 4. The summed E-state index contributed by atoms with van der Waals surface area (Å²) >= 11 is 0. The first-order valence-corrected chi connectivity index (χ1v) is 16.7. The first-order chi connectivity index (χ1) is 24.1. The average Bonchev–Trinajstić information content (AvgIpc) is 3.77. The molecule has 4 aliphatic rings. The number of hydrazine groups is 1. The monoisotopic (exact) mass is 671 g/mol. The van der Waals surface area contributed by atoms with Crippen molar-refractivity contribution >= 4 is 47.6 Å². The second-order valence-electron chi connectivity index (χ2n) is 13.5. The van der Waals surface area contributed by atoms with Crippen LogP contribution in [-0.4, -0.2) is 50.9 Å². The molecule has 2 saturated heterocycles. The van der Waals surface area contributed by atoms with Gasteiger partial charge in [0.1, 0.15) is 23.5 Å². The minimum Gasteiger partial charge on any atom is -0.463 e. The number of rotatable bonds is 7. The smallest absolute Gasteiger partial charge is 0.463 e. The van der Waals surface area contributed by atoms with Crippen molar-refractivity contribution in [3.8, 4) is 0 Å². The van der Waals surface area contributed by atoms with Crippen molar-refractivity contribution in [2.24, 2.45) is 23.7 Å². The molecule has 3 aromatic carbocycles. The Balaban J connectivity index is 1.29. The van der Waals surface area contributed by atoms with Crippen molar-refractivity contribution in [1.82, 2.24) is 5.01 Å². The number of aliphatic hydroxyl groups excluding tert-OH is 1. The second-order valence-corrected chi connectivity index (χ2v) is 13.5. The summed E-state index contributed by atoms with van der Waals surface area (Å²) in [7, 11) is -1.79. The highest BCUT2D eigenvalue weighted by Gasteiger charge is 2.71. The molecular formula is C38H34BN3O8. The van der Waals surface area contributed by atoms with Gasteiger partial charge in [-0.3, -0.25) is 29.5 Å². The van der Waals surface area contributed by atoms with Gasteiger partial charge < -0.3 is 19.6 Å². The Morgan fingerprint density at radius 1 is 0.880 bits per heavy atom. The number of hydrogen-bond acceptors (Lipinski definition) is 9. The molecule has 8 rings (SSSR count). The highest BCUT2D eigenvalue weighted by atomic mass is 16.4. The van der Waals surface area contributed by atoms with Crippen LogP contribution in [0.5, 0.6) is 0 Å². The van der Waals surface area contributed by atoms with E-state index in [9.17, 15) is 29.5 Å². The van der Waals surface area contributed by atoms with Crippen LogP contribution in [0.4, 0.5) is 11.4 Å². The number of aliphatic hydroxyl groups is 1. The number of allylic oxidation sites excluding steroid dienone is 2. The Morgan fingerprint density at radius 3 is 2.34 bits per heavy atom. The molecule has 1 saturated carbocycles. The summed E-state index contributed by atoms with van der Waals surface area (Å²) in [6, 6.07) is 25.8. The molecule has 11 nitrogen and oxygen atoms in total. The van der Waals surface area contributed by atoms with Crippen LogP contribution >= 0.6 is 0 Å². The van der Waals surface area contributed by atoms with E-state index in [1.54, 1.807) is 36.4 Å². The van der Waals surface area contributed by atoms with Crippen LogP contribution in [0.1, 0.15) is 41.4 Å². The lowest BCUT2D eigenvalue weighted by Crippen LogP contribution is -2.53. The molecule has 252 valence electrons. The summed E-state index contributed by atoms with van der Waals surface area (Å²) in [5, 5.41) is 30.6. The number of benzene rings is 3. The summed E-state index contributed by atoms with van der Waals surface area (Å²) < 4.78 is 6.21. The zero-order valence-electron chi connectivity index (χ0n) is 27.1. The summed E-state index contributed by atoms with van der Waals surface area (Å²) in [5.41, 5.74) is 4.85. The summed E-state index contributed by atoms with van der Waals surface area (Å²) in [4.78, 5) is 59.3. The normalized spacial score (nSPS) is 27.2. The molecule has 4 N–H and O–H groups in total. The third-order valence-electron chi connectivity index (χ3n) is 10.9. The van der Waals surface area contributed by atoms with Crippen LogP contribution in [0.2, 0.25) is 0 Å². The average molecular weight is 672 g/mol. The minimum absolute atomic E-state index is 0.116. The summed E-state index contributed by atoms with van der Waals surface area (Å²) in [5.74, 6) is -5.09. The lowest BCUT2D eigenvalue weighted by atomic mass is 9.50. The van der Waals surface area contributed by atoms with Crippen molar-refractivity contribution in [2.75, 3.05) is 10.3 Å². The van der Waals surface area contributed by atoms with Crippen LogP contribution in [0, 0.1) is 30.6 Å². The maximum atomic E-state index is 15.1. The summed E-state index contributed by atoms with van der Waals surface area (Å²) in [6.45, 7) is 1.56. The van der Waals surface area contributed by atoms with Crippen molar-refractivity contribution in [1.29, 1.82) is 0 Å². The van der Waals surface area contributed by atoms with Gasteiger partial charge in [0.25, 0.3) is 11.8 Å². The lowest BCUT2D eigenvalue weighted by molar-refractivity contribution is -0.138. The number of anilines is 2. The molecule has 2 aliphatic heterocycles. The van der Waals surface area contributed by atoms with E-state index in [4.69, 9.17) is 4.42 Å². The molecule has 4 aromatic rings.